The second kappa shape index (κ2) is 11.0. The van der Waals surface area contributed by atoms with Gasteiger partial charge < -0.3 is 19.9 Å². The number of rotatable bonds is 6. The Hall–Kier alpha value is -3.37. The van der Waals surface area contributed by atoms with Gasteiger partial charge in [0.15, 0.2) is 5.75 Å². The summed E-state index contributed by atoms with van der Waals surface area (Å²) in [6, 6.07) is 17.3. The van der Waals surface area contributed by atoms with E-state index >= 15 is 0 Å². The average molecular weight is 445 g/mol. The van der Waals surface area contributed by atoms with E-state index < -0.39 is 5.43 Å². The molecule has 0 saturated carbocycles. The van der Waals surface area contributed by atoms with Crippen LogP contribution in [0, 0.1) is 11.8 Å². The van der Waals surface area contributed by atoms with Crippen LogP contribution in [0.2, 0.25) is 0 Å². The lowest BCUT2D eigenvalue weighted by Crippen LogP contribution is -2.35. The van der Waals surface area contributed by atoms with Crippen molar-refractivity contribution in [3.8, 4) is 17.6 Å². The number of ether oxygens (including phenoxy) is 1. The molecule has 170 valence electrons. The maximum atomic E-state index is 11.6. The van der Waals surface area contributed by atoms with Crippen molar-refractivity contribution in [3.05, 3.63) is 99.0 Å². The smallest absolute Gasteiger partial charge is 0.223 e. The van der Waals surface area contributed by atoms with E-state index in [1.165, 1.54) is 17.8 Å². The molecule has 33 heavy (non-hydrogen) atoms. The summed E-state index contributed by atoms with van der Waals surface area (Å²) < 4.78 is 5.40. The van der Waals surface area contributed by atoms with E-state index in [-0.39, 0.29) is 18.3 Å². The van der Waals surface area contributed by atoms with E-state index in [0.717, 1.165) is 49.5 Å². The van der Waals surface area contributed by atoms with Crippen LogP contribution in [0.15, 0.2) is 65.6 Å². The Morgan fingerprint density at radius 2 is 1.61 bits per heavy atom. The minimum absolute atomic E-state index is 0.0990. The number of pyridine rings is 1. The number of benzene rings is 2. The molecule has 1 aliphatic heterocycles. The van der Waals surface area contributed by atoms with Gasteiger partial charge in [-0.15, -0.1) is 0 Å². The fraction of sp³-hybridized carbons (Fsp3) is 0.296. The van der Waals surface area contributed by atoms with Gasteiger partial charge in [0, 0.05) is 55.4 Å². The van der Waals surface area contributed by atoms with Gasteiger partial charge in [0.2, 0.25) is 5.43 Å². The van der Waals surface area contributed by atoms with E-state index in [4.69, 9.17) is 4.74 Å². The van der Waals surface area contributed by atoms with Crippen LogP contribution in [-0.4, -0.2) is 53.0 Å². The van der Waals surface area contributed by atoms with Gasteiger partial charge in [-0.3, -0.25) is 9.69 Å². The molecule has 1 saturated heterocycles. The van der Waals surface area contributed by atoms with Gasteiger partial charge in [-0.2, -0.15) is 0 Å². The zero-order chi connectivity index (χ0) is 23.0. The summed E-state index contributed by atoms with van der Waals surface area (Å²) in [5, 5.41) is 19.8. The zero-order valence-corrected chi connectivity index (χ0v) is 18.5. The van der Waals surface area contributed by atoms with Crippen molar-refractivity contribution < 1.29 is 14.9 Å². The van der Waals surface area contributed by atoms with E-state index in [0.29, 0.717) is 12.1 Å². The van der Waals surface area contributed by atoms with Gasteiger partial charge in [0.05, 0.1) is 25.5 Å². The number of H-pyrrole nitrogens is 1. The van der Waals surface area contributed by atoms with Crippen LogP contribution in [0.5, 0.6) is 5.75 Å². The van der Waals surface area contributed by atoms with Crippen LogP contribution < -0.4 is 5.43 Å². The maximum absolute atomic E-state index is 11.6. The number of hydrogen-bond acceptors (Lipinski definition) is 5. The second-order valence-electron chi connectivity index (χ2n) is 8.21. The van der Waals surface area contributed by atoms with Crippen LogP contribution in [0.4, 0.5) is 0 Å². The molecule has 0 amide bonds. The van der Waals surface area contributed by atoms with Gasteiger partial charge in [-0.25, -0.2) is 0 Å². The first kappa shape index (κ1) is 22.8. The molecule has 1 atom stereocenters. The molecule has 4 rings (SSSR count). The molecule has 0 spiro atoms. The number of nitrogens with one attached hydrogen (secondary N) is 1. The van der Waals surface area contributed by atoms with Gasteiger partial charge in [-0.1, -0.05) is 36.1 Å². The third kappa shape index (κ3) is 6.11. The van der Waals surface area contributed by atoms with E-state index in [2.05, 4.69) is 33.9 Å². The molecule has 2 aromatic carbocycles. The molecule has 0 radical (unpaired) electrons. The van der Waals surface area contributed by atoms with Crippen LogP contribution >= 0.6 is 0 Å². The molecule has 6 nitrogen and oxygen atoms in total. The largest absolute Gasteiger partial charge is 0.503 e. The molecule has 1 unspecified atom stereocenters. The first-order valence-electron chi connectivity index (χ1n) is 11.1. The molecule has 0 aliphatic carbocycles. The highest BCUT2D eigenvalue weighted by Gasteiger charge is 2.15. The molecule has 1 fully saturated rings. The van der Waals surface area contributed by atoms with Gasteiger partial charge in [0.25, 0.3) is 0 Å². The van der Waals surface area contributed by atoms with Crippen molar-refractivity contribution in [1.29, 1.82) is 0 Å². The normalized spacial score (nSPS) is 14.9. The number of nitrogens with zero attached hydrogens (tertiary/aromatic N) is 1. The number of aromatic hydroxyl groups is 1. The quantitative estimate of drug-likeness (QED) is 0.509. The Kier molecular flexibility index (Phi) is 7.59. The molecule has 1 aliphatic rings. The lowest BCUT2D eigenvalue weighted by molar-refractivity contribution is 0.0342. The van der Waals surface area contributed by atoms with Crippen LogP contribution in [0.3, 0.4) is 0 Å². The van der Waals surface area contributed by atoms with E-state index in [9.17, 15) is 15.0 Å². The topological polar surface area (TPSA) is 85.8 Å². The first-order chi connectivity index (χ1) is 16.1. The average Bonchev–Trinajstić information content (AvgIpc) is 2.86. The SMILES string of the molecule is O=c1cc[nH]c(CC(CO)c2ccc(C#Cc3ccc(CN4CCOCC4)cc3)cc2)c1O. The molecule has 2 heterocycles. The fourth-order valence-corrected chi connectivity index (χ4v) is 3.90. The number of aromatic amines is 1. The van der Waals surface area contributed by atoms with Gasteiger partial charge >= 0.3 is 0 Å². The fourth-order valence-electron chi connectivity index (χ4n) is 3.90. The van der Waals surface area contributed by atoms with Crippen molar-refractivity contribution in [2.75, 3.05) is 32.9 Å². The molecule has 3 N–H and O–H groups in total. The summed E-state index contributed by atoms with van der Waals surface area (Å²) >= 11 is 0. The molecular formula is C27H28N2O4. The minimum atomic E-state index is -0.430. The van der Waals surface area contributed by atoms with Crippen molar-refractivity contribution in [3.63, 3.8) is 0 Å². The second-order valence-corrected chi connectivity index (χ2v) is 8.21. The predicted molar refractivity (Wildman–Crippen MR) is 127 cm³/mol. The monoisotopic (exact) mass is 444 g/mol. The number of aliphatic hydroxyl groups is 1. The standard InChI is InChI=1S/C27H28N2O4/c30-19-24(17-25-27(32)26(31)11-12-28-25)23-9-7-21(8-10-23)2-1-20-3-5-22(6-4-20)18-29-13-15-33-16-14-29/h3-12,24,30,32H,13-19H2,(H,28,31). The maximum Gasteiger partial charge on any atom is 0.223 e. The third-order valence-electron chi connectivity index (χ3n) is 5.88. The minimum Gasteiger partial charge on any atom is -0.503 e. The van der Waals surface area contributed by atoms with Crippen LogP contribution in [-0.2, 0) is 17.7 Å². The van der Waals surface area contributed by atoms with Crippen LogP contribution in [0.1, 0.15) is 33.9 Å². The molecule has 3 aromatic rings. The Balaban J connectivity index is 1.39. The van der Waals surface area contributed by atoms with Gasteiger partial charge in [0.1, 0.15) is 0 Å². The highest BCUT2D eigenvalue weighted by molar-refractivity contribution is 5.44. The lowest BCUT2D eigenvalue weighted by atomic mass is 9.93. The Bertz CT molecular complexity index is 1170. The summed E-state index contributed by atoms with van der Waals surface area (Å²) in [6.07, 6.45) is 1.83. The highest BCUT2D eigenvalue weighted by atomic mass is 16.5. The van der Waals surface area contributed by atoms with Gasteiger partial charge in [-0.05, 0) is 35.4 Å². The molecule has 0 bridgehead atoms. The summed E-state index contributed by atoms with van der Waals surface area (Å²) in [6.45, 7) is 4.38. The number of aromatic nitrogens is 1. The van der Waals surface area contributed by atoms with Crippen molar-refractivity contribution >= 4 is 0 Å². The summed E-state index contributed by atoms with van der Waals surface area (Å²) in [4.78, 5) is 16.9. The van der Waals surface area contributed by atoms with Crippen LogP contribution in [0.25, 0.3) is 0 Å². The number of hydrogen-bond donors (Lipinski definition) is 3. The summed E-state index contributed by atoms with van der Waals surface area (Å²) in [7, 11) is 0. The number of aliphatic hydroxyl groups excluding tert-OH is 1. The van der Waals surface area contributed by atoms with E-state index in [1.807, 2.05) is 36.4 Å². The summed E-state index contributed by atoms with van der Waals surface area (Å²) in [5.41, 5.74) is 4.01. The lowest BCUT2D eigenvalue weighted by Gasteiger charge is -2.26. The Morgan fingerprint density at radius 3 is 2.24 bits per heavy atom. The molecular weight excluding hydrogens is 416 g/mol. The third-order valence-corrected chi connectivity index (χ3v) is 5.88. The molecule has 6 heteroatoms. The highest BCUT2D eigenvalue weighted by Crippen LogP contribution is 2.23. The summed E-state index contributed by atoms with van der Waals surface area (Å²) in [5.74, 6) is 5.85. The number of morpholine rings is 1. The first-order valence-corrected chi connectivity index (χ1v) is 11.1. The Labute approximate surface area is 193 Å². The van der Waals surface area contributed by atoms with E-state index in [1.54, 1.807) is 0 Å². The van der Waals surface area contributed by atoms with Crippen molar-refractivity contribution in [2.45, 2.75) is 18.9 Å². The Morgan fingerprint density at radius 1 is 0.970 bits per heavy atom. The van der Waals surface area contributed by atoms with Crippen molar-refractivity contribution in [2.24, 2.45) is 0 Å². The van der Waals surface area contributed by atoms with Crippen molar-refractivity contribution in [1.82, 2.24) is 9.88 Å². The zero-order valence-electron chi connectivity index (χ0n) is 18.5. The predicted octanol–water partition coefficient (Wildman–Crippen LogP) is 2.63. The molecule has 1 aromatic heterocycles.